The second-order valence-corrected chi connectivity index (χ2v) is 8.63. The number of Topliss-reactive ketones (excluding diaryl/α,β-unsaturated/α-hetero) is 1. The van der Waals surface area contributed by atoms with Gasteiger partial charge >= 0.3 is 0 Å². The van der Waals surface area contributed by atoms with Gasteiger partial charge in [0.1, 0.15) is 22.9 Å². The summed E-state index contributed by atoms with van der Waals surface area (Å²) in [6.07, 6.45) is 2.82. The van der Waals surface area contributed by atoms with Crippen LogP contribution in [0.3, 0.4) is 0 Å². The summed E-state index contributed by atoms with van der Waals surface area (Å²) in [4.78, 5) is 27.1. The average Bonchev–Trinajstić information content (AvgIpc) is 2.73. The van der Waals surface area contributed by atoms with Gasteiger partial charge in [-0.1, -0.05) is 0 Å². The summed E-state index contributed by atoms with van der Waals surface area (Å²) in [5, 5.41) is 9.31. The Labute approximate surface area is 180 Å². The van der Waals surface area contributed by atoms with Gasteiger partial charge in [0.15, 0.2) is 0 Å². The number of carbonyl (C=O) groups excluding carboxylic acids is 1. The minimum atomic E-state index is -2.90. The molecule has 9 heteroatoms. The van der Waals surface area contributed by atoms with Crippen LogP contribution in [0.1, 0.15) is 18.4 Å². The Hall–Kier alpha value is -2.70. The van der Waals surface area contributed by atoms with Crippen molar-refractivity contribution in [2.45, 2.75) is 18.8 Å². The summed E-state index contributed by atoms with van der Waals surface area (Å²) in [6.45, 7) is 3.71. The SMILES string of the molecule is CN1CCN(CC(=O)C[C@H]2CN(c3ccc(C#N)c4nccnc34)CC(F)(F)C2)CC1. The number of piperazine rings is 1. The molecule has 0 aliphatic carbocycles. The lowest BCUT2D eigenvalue weighted by Crippen LogP contribution is -2.49. The average molecular weight is 428 g/mol. The third-order valence-corrected chi connectivity index (χ3v) is 6.07. The van der Waals surface area contributed by atoms with Crippen molar-refractivity contribution < 1.29 is 13.6 Å². The number of piperidine rings is 1. The first-order chi connectivity index (χ1) is 14.8. The molecule has 7 nitrogen and oxygen atoms in total. The molecule has 2 aromatic rings. The van der Waals surface area contributed by atoms with Crippen molar-refractivity contribution in [1.82, 2.24) is 19.8 Å². The van der Waals surface area contributed by atoms with Crippen LogP contribution in [0.15, 0.2) is 24.5 Å². The van der Waals surface area contributed by atoms with Gasteiger partial charge in [0.2, 0.25) is 0 Å². The number of nitriles is 1. The van der Waals surface area contributed by atoms with Gasteiger partial charge in [-0.05, 0) is 25.1 Å². The highest BCUT2D eigenvalue weighted by Crippen LogP contribution is 2.37. The largest absolute Gasteiger partial charge is 0.363 e. The van der Waals surface area contributed by atoms with Crippen molar-refractivity contribution in [3.63, 3.8) is 0 Å². The van der Waals surface area contributed by atoms with Crippen LogP contribution in [0.5, 0.6) is 0 Å². The van der Waals surface area contributed by atoms with Crippen molar-refractivity contribution in [2.75, 3.05) is 57.8 Å². The van der Waals surface area contributed by atoms with Crippen molar-refractivity contribution >= 4 is 22.5 Å². The predicted octanol–water partition coefficient (Wildman–Crippen LogP) is 2.17. The van der Waals surface area contributed by atoms with Crippen LogP contribution >= 0.6 is 0 Å². The fourth-order valence-electron chi connectivity index (χ4n) is 4.56. The van der Waals surface area contributed by atoms with E-state index < -0.39 is 18.4 Å². The van der Waals surface area contributed by atoms with E-state index in [0.717, 1.165) is 26.2 Å². The molecule has 2 aliphatic heterocycles. The van der Waals surface area contributed by atoms with Gasteiger partial charge < -0.3 is 9.80 Å². The van der Waals surface area contributed by atoms with Crippen LogP contribution in [0.2, 0.25) is 0 Å². The highest BCUT2D eigenvalue weighted by molar-refractivity contribution is 5.92. The van der Waals surface area contributed by atoms with Crippen LogP contribution in [0.25, 0.3) is 11.0 Å². The number of anilines is 1. The molecule has 0 saturated carbocycles. The van der Waals surface area contributed by atoms with Gasteiger partial charge in [-0.2, -0.15) is 5.26 Å². The minimum Gasteiger partial charge on any atom is -0.363 e. The van der Waals surface area contributed by atoms with Crippen molar-refractivity contribution in [3.8, 4) is 6.07 Å². The molecule has 0 bridgehead atoms. The molecule has 2 saturated heterocycles. The van der Waals surface area contributed by atoms with Crippen molar-refractivity contribution in [3.05, 3.63) is 30.1 Å². The third kappa shape index (κ3) is 4.97. The number of benzene rings is 1. The Kier molecular flexibility index (Phi) is 6.12. The Bertz CT molecular complexity index is 999. The van der Waals surface area contributed by atoms with Crippen LogP contribution in [-0.4, -0.2) is 84.3 Å². The number of ketones is 1. The first-order valence-corrected chi connectivity index (χ1v) is 10.5. The van der Waals surface area contributed by atoms with E-state index >= 15 is 0 Å². The molecule has 31 heavy (non-hydrogen) atoms. The van der Waals surface area contributed by atoms with E-state index in [1.165, 1.54) is 12.4 Å². The Morgan fingerprint density at radius 1 is 1.19 bits per heavy atom. The fourth-order valence-corrected chi connectivity index (χ4v) is 4.56. The molecular weight excluding hydrogens is 402 g/mol. The second kappa shape index (κ2) is 8.81. The van der Waals surface area contributed by atoms with Gasteiger partial charge in [-0.3, -0.25) is 19.7 Å². The molecule has 0 radical (unpaired) electrons. The summed E-state index contributed by atoms with van der Waals surface area (Å²) in [5.74, 6) is -3.33. The molecule has 0 spiro atoms. The quantitative estimate of drug-likeness (QED) is 0.722. The molecule has 0 N–H and O–H groups in total. The zero-order chi connectivity index (χ0) is 22.0. The summed E-state index contributed by atoms with van der Waals surface area (Å²) in [6, 6.07) is 5.31. The highest BCUT2D eigenvalue weighted by Gasteiger charge is 2.41. The topological polar surface area (TPSA) is 76.4 Å². The first-order valence-electron chi connectivity index (χ1n) is 10.5. The standard InChI is InChI=1S/C22H26F2N6O/c1-28-6-8-29(9-7-28)14-18(31)10-16-11-22(23,24)15-30(13-16)19-3-2-17(12-25)20-21(19)27-5-4-26-20/h2-5,16H,6-11,13-15H2,1H3/t16-/m1/s1. The number of halogens is 2. The molecular formula is C22H26F2N6O. The molecule has 3 heterocycles. The van der Waals surface area contributed by atoms with Crippen LogP contribution in [0, 0.1) is 17.2 Å². The van der Waals surface area contributed by atoms with Gasteiger partial charge in [0, 0.05) is 58.0 Å². The molecule has 1 aromatic carbocycles. The molecule has 164 valence electrons. The van der Waals surface area contributed by atoms with Crippen LogP contribution in [0.4, 0.5) is 14.5 Å². The summed E-state index contributed by atoms with van der Waals surface area (Å²) >= 11 is 0. The lowest BCUT2D eigenvalue weighted by Gasteiger charge is -2.39. The van der Waals surface area contributed by atoms with E-state index in [1.54, 1.807) is 17.0 Å². The van der Waals surface area contributed by atoms with Gasteiger partial charge in [-0.15, -0.1) is 0 Å². The molecule has 1 atom stereocenters. The number of hydrogen-bond donors (Lipinski definition) is 0. The zero-order valence-corrected chi connectivity index (χ0v) is 17.6. The van der Waals surface area contributed by atoms with Crippen LogP contribution < -0.4 is 4.90 Å². The monoisotopic (exact) mass is 428 g/mol. The van der Waals surface area contributed by atoms with Crippen LogP contribution in [-0.2, 0) is 4.79 Å². The number of likely N-dealkylation sites (N-methyl/N-ethyl adjacent to an activating group) is 1. The molecule has 2 fully saturated rings. The van der Waals surface area contributed by atoms with Crippen molar-refractivity contribution in [2.24, 2.45) is 5.92 Å². The Balaban J connectivity index is 1.50. The minimum absolute atomic E-state index is 0.0108. The van der Waals surface area contributed by atoms with E-state index in [2.05, 4.69) is 32.9 Å². The number of aromatic nitrogens is 2. The first kappa shape index (κ1) is 21.5. The summed E-state index contributed by atoms with van der Waals surface area (Å²) in [5.41, 5.74) is 1.72. The van der Waals surface area contributed by atoms with E-state index in [1.807, 2.05) is 0 Å². The van der Waals surface area contributed by atoms with Gasteiger partial charge in [0.25, 0.3) is 5.92 Å². The number of rotatable bonds is 5. The number of nitrogens with zero attached hydrogens (tertiary/aromatic N) is 6. The van der Waals surface area contributed by atoms with Gasteiger partial charge in [0.05, 0.1) is 24.3 Å². The van der Waals surface area contributed by atoms with Crippen molar-refractivity contribution in [1.29, 1.82) is 5.26 Å². The smallest absolute Gasteiger partial charge is 0.265 e. The maximum atomic E-state index is 14.6. The van der Waals surface area contributed by atoms with E-state index in [4.69, 9.17) is 0 Å². The van der Waals surface area contributed by atoms with E-state index in [-0.39, 0.29) is 18.6 Å². The highest BCUT2D eigenvalue weighted by atomic mass is 19.3. The third-order valence-electron chi connectivity index (χ3n) is 6.07. The maximum Gasteiger partial charge on any atom is 0.265 e. The second-order valence-electron chi connectivity index (χ2n) is 8.63. The molecule has 4 rings (SSSR count). The summed E-state index contributed by atoms with van der Waals surface area (Å²) in [7, 11) is 2.05. The molecule has 1 aromatic heterocycles. The summed E-state index contributed by atoms with van der Waals surface area (Å²) < 4.78 is 29.3. The Morgan fingerprint density at radius 2 is 1.90 bits per heavy atom. The van der Waals surface area contributed by atoms with E-state index in [9.17, 15) is 18.8 Å². The molecule has 0 amide bonds. The number of fused-ring (bicyclic) bond motifs is 1. The lowest BCUT2D eigenvalue weighted by atomic mass is 9.90. The lowest BCUT2D eigenvalue weighted by molar-refractivity contribution is -0.122. The predicted molar refractivity (Wildman–Crippen MR) is 113 cm³/mol. The normalized spacial score (nSPS) is 22.4. The van der Waals surface area contributed by atoms with Gasteiger partial charge in [-0.25, -0.2) is 8.78 Å². The number of alkyl halides is 2. The molecule has 0 unspecified atom stereocenters. The van der Waals surface area contributed by atoms with E-state index in [0.29, 0.717) is 35.4 Å². The Morgan fingerprint density at radius 3 is 2.61 bits per heavy atom. The number of carbonyl (C=O) groups is 1. The maximum absolute atomic E-state index is 14.6. The zero-order valence-electron chi connectivity index (χ0n) is 17.6. The molecule has 2 aliphatic rings. The number of hydrogen-bond acceptors (Lipinski definition) is 7. The fraction of sp³-hybridized carbons (Fsp3) is 0.545.